The lowest BCUT2D eigenvalue weighted by atomic mass is 9.46. The first-order valence-electron chi connectivity index (χ1n) is 12.7. The monoisotopic (exact) mass is 416 g/mol. The van der Waals surface area contributed by atoms with Crippen LogP contribution in [-0.4, -0.2) is 40.9 Å². The van der Waals surface area contributed by atoms with Crippen molar-refractivity contribution in [3.63, 3.8) is 0 Å². The highest BCUT2D eigenvalue weighted by atomic mass is 16.7. The van der Waals surface area contributed by atoms with Crippen molar-refractivity contribution in [2.75, 3.05) is 6.61 Å². The molecule has 11 atom stereocenters. The van der Waals surface area contributed by atoms with Crippen LogP contribution in [0.25, 0.3) is 0 Å². The summed E-state index contributed by atoms with van der Waals surface area (Å²) in [4.78, 5) is 0. The van der Waals surface area contributed by atoms with Crippen LogP contribution in [0.5, 0.6) is 0 Å². The van der Waals surface area contributed by atoms with Crippen LogP contribution in [0.2, 0.25) is 0 Å². The van der Waals surface area contributed by atoms with Gasteiger partial charge < -0.3 is 19.7 Å². The van der Waals surface area contributed by atoms with Crippen molar-refractivity contribution < 1.29 is 19.7 Å². The van der Waals surface area contributed by atoms with Gasteiger partial charge in [0.25, 0.3) is 0 Å². The van der Waals surface area contributed by atoms with E-state index < -0.39 is 5.79 Å². The first-order chi connectivity index (χ1) is 14.3. The van der Waals surface area contributed by atoms with E-state index in [1.54, 1.807) is 0 Å². The Balaban J connectivity index is 1.34. The Morgan fingerprint density at radius 2 is 1.90 bits per heavy atom. The second-order valence-corrected chi connectivity index (χ2v) is 12.1. The average Bonchev–Trinajstić information content (AvgIpc) is 3.16. The normalized spacial score (nSPS) is 59.8. The Hall–Kier alpha value is -0.420. The van der Waals surface area contributed by atoms with Gasteiger partial charge in [-0.2, -0.15) is 0 Å². The van der Waals surface area contributed by atoms with Gasteiger partial charge in [0.1, 0.15) is 0 Å². The van der Waals surface area contributed by atoms with Crippen molar-refractivity contribution in [3.05, 3.63) is 11.6 Å². The summed E-state index contributed by atoms with van der Waals surface area (Å²) in [5.41, 5.74) is 1.55. The standard InChI is InChI=1S/C26H40O4/c1-15-23-21(30-26(15)9-4-5-11-29-26)13-20-18-7-6-16-12-17(27)8-10-24(16,2)19(18)14-22(28)25(20,23)3/h6,15,17-23,27-28H,4-5,7-14H2,1-3H3/t15-,17-,18+,19-,20-,21-,22+,23-,24-,25+,26+/m0/s1. The molecular weight excluding hydrogens is 376 g/mol. The fourth-order valence-electron chi connectivity index (χ4n) is 9.51. The smallest absolute Gasteiger partial charge is 0.171 e. The van der Waals surface area contributed by atoms with Crippen LogP contribution in [0.4, 0.5) is 0 Å². The molecule has 4 aliphatic carbocycles. The fraction of sp³-hybridized carbons (Fsp3) is 0.923. The zero-order chi connectivity index (χ0) is 20.9. The summed E-state index contributed by atoms with van der Waals surface area (Å²) in [5, 5.41) is 22.0. The van der Waals surface area contributed by atoms with Crippen molar-refractivity contribution in [1.82, 2.24) is 0 Å². The minimum atomic E-state index is -0.400. The van der Waals surface area contributed by atoms with E-state index in [2.05, 4.69) is 26.8 Å². The molecule has 6 rings (SSSR count). The molecule has 30 heavy (non-hydrogen) atoms. The highest BCUT2D eigenvalue weighted by Crippen LogP contribution is 2.70. The molecule has 3 saturated carbocycles. The van der Waals surface area contributed by atoms with Gasteiger partial charge >= 0.3 is 0 Å². The lowest BCUT2D eigenvalue weighted by molar-refractivity contribution is -0.266. The number of aliphatic hydroxyl groups excluding tert-OH is 2. The molecule has 0 unspecified atom stereocenters. The highest BCUT2D eigenvalue weighted by Gasteiger charge is 2.70. The molecule has 4 nitrogen and oxygen atoms in total. The van der Waals surface area contributed by atoms with Gasteiger partial charge in [-0.1, -0.05) is 32.4 Å². The summed E-state index contributed by atoms with van der Waals surface area (Å²) < 4.78 is 13.1. The van der Waals surface area contributed by atoms with Gasteiger partial charge in [-0.05, 0) is 74.5 Å². The molecule has 0 aromatic rings. The third-order valence-corrected chi connectivity index (χ3v) is 11.1. The van der Waals surface area contributed by atoms with Crippen molar-refractivity contribution >= 4 is 0 Å². The number of ether oxygens (including phenoxy) is 2. The van der Waals surface area contributed by atoms with Crippen LogP contribution in [0.15, 0.2) is 11.6 Å². The Morgan fingerprint density at radius 3 is 2.67 bits per heavy atom. The molecule has 0 amide bonds. The van der Waals surface area contributed by atoms with Gasteiger partial charge in [0.15, 0.2) is 5.79 Å². The molecule has 6 aliphatic rings. The highest BCUT2D eigenvalue weighted by molar-refractivity contribution is 5.27. The molecule has 0 radical (unpaired) electrons. The van der Waals surface area contributed by atoms with Gasteiger partial charge in [0.2, 0.25) is 0 Å². The zero-order valence-electron chi connectivity index (χ0n) is 19.0. The summed E-state index contributed by atoms with van der Waals surface area (Å²) in [5.74, 6) is 2.02. The fourth-order valence-corrected chi connectivity index (χ4v) is 9.51. The van der Waals surface area contributed by atoms with Gasteiger partial charge in [-0.25, -0.2) is 0 Å². The number of rotatable bonds is 0. The maximum atomic E-state index is 11.7. The summed E-state index contributed by atoms with van der Waals surface area (Å²) in [6, 6.07) is 0. The molecule has 168 valence electrons. The van der Waals surface area contributed by atoms with Crippen molar-refractivity contribution in [3.8, 4) is 0 Å². The summed E-state index contributed by atoms with van der Waals surface area (Å²) >= 11 is 0. The topological polar surface area (TPSA) is 58.9 Å². The quantitative estimate of drug-likeness (QED) is 0.573. The molecule has 2 saturated heterocycles. The van der Waals surface area contributed by atoms with Crippen LogP contribution < -0.4 is 0 Å². The van der Waals surface area contributed by atoms with E-state index in [1.807, 2.05) is 0 Å². The van der Waals surface area contributed by atoms with Crippen LogP contribution in [0.3, 0.4) is 0 Å². The molecule has 4 heteroatoms. The number of hydrogen-bond acceptors (Lipinski definition) is 4. The van der Waals surface area contributed by atoms with Crippen LogP contribution in [0, 0.1) is 40.4 Å². The van der Waals surface area contributed by atoms with E-state index in [-0.39, 0.29) is 29.1 Å². The SMILES string of the molecule is C[C@H]1[C@H]2[C@H](C[C@H]3[C@@H]4CC=C5C[C@@H](O)CC[C@]5(C)[C@H]4C[C@@H](O)[C@]23C)O[C@]12CCCCO2. The molecule has 2 aliphatic heterocycles. The minimum Gasteiger partial charge on any atom is -0.393 e. The summed E-state index contributed by atoms with van der Waals surface area (Å²) in [6.45, 7) is 7.97. The lowest BCUT2D eigenvalue weighted by Crippen LogP contribution is -2.57. The van der Waals surface area contributed by atoms with E-state index in [4.69, 9.17) is 9.47 Å². The predicted octanol–water partition coefficient (Wildman–Crippen LogP) is 4.44. The third-order valence-electron chi connectivity index (χ3n) is 11.1. The Labute approximate surface area is 181 Å². The average molecular weight is 417 g/mol. The van der Waals surface area contributed by atoms with Gasteiger partial charge in [-0.15, -0.1) is 0 Å². The zero-order valence-corrected chi connectivity index (χ0v) is 19.0. The summed E-state index contributed by atoms with van der Waals surface area (Å²) in [7, 11) is 0. The molecule has 2 N–H and O–H groups in total. The van der Waals surface area contributed by atoms with Crippen LogP contribution in [0.1, 0.15) is 78.6 Å². The minimum absolute atomic E-state index is 0.0779. The Bertz CT molecular complexity index is 741. The second kappa shape index (κ2) is 6.56. The van der Waals surface area contributed by atoms with Crippen molar-refractivity contribution in [1.29, 1.82) is 0 Å². The van der Waals surface area contributed by atoms with Gasteiger partial charge in [0.05, 0.1) is 24.9 Å². The second-order valence-electron chi connectivity index (χ2n) is 12.1. The van der Waals surface area contributed by atoms with E-state index >= 15 is 0 Å². The molecule has 0 aromatic heterocycles. The van der Waals surface area contributed by atoms with Gasteiger partial charge in [0, 0.05) is 23.7 Å². The predicted molar refractivity (Wildman–Crippen MR) is 115 cm³/mol. The van der Waals surface area contributed by atoms with E-state index in [0.717, 1.165) is 58.0 Å². The first-order valence-corrected chi connectivity index (χ1v) is 12.7. The maximum absolute atomic E-state index is 11.7. The molecule has 5 fully saturated rings. The number of fused-ring (bicyclic) bond motifs is 7. The molecule has 0 aromatic carbocycles. The molecule has 1 spiro atoms. The van der Waals surface area contributed by atoms with Crippen molar-refractivity contribution in [2.24, 2.45) is 40.4 Å². The van der Waals surface area contributed by atoms with E-state index in [0.29, 0.717) is 29.6 Å². The summed E-state index contributed by atoms with van der Waals surface area (Å²) in [6.07, 6.45) is 11.5. The largest absolute Gasteiger partial charge is 0.393 e. The third kappa shape index (κ3) is 2.43. The number of hydrogen-bond donors (Lipinski definition) is 2. The molecule has 0 bridgehead atoms. The number of aliphatic hydroxyl groups is 2. The van der Waals surface area contributed by atoms with Crippen LogP contribution >= 0.6 is 0 Å². The Morgan fingerprint density at radius 1 is 1.07 bits per heavy atom. The number of allylic oxidation sites excluding steroid dienone is 1. The Kier molecular flexibility index (Phi) is 4.42. The molecule has 2 heterocycles. The first kappa shape index (κ1) is 20.2. The van der Waals surface area contributed by atoms with E-state index in [1.165, 1.54) is 12.0 Å². The van der Waals surface area contributed by atoms with Crippen molar-refractivity contribution in [2.45, 2.75) is 103 Å². The van der Waals surface area contributed by atoms with Crippen LogP contribution in [-0.2, 0) is 9.47 Å². The lowest BCUT2D eigenvalue weighted by Gasteiger charge is -2.60. The van der Waals surface area contributed by atoms with Gasteiger partial charge in [-0.3, -0.25) is 0 Å². The molecular formula is C26H40O4. The van der Waals surface area contributed by atoms with E-state index in [9.17, 15) is 10.2 Å². The maximum Gasteiger partial charge on any atom is 0.171 e.